The lowest BCUT2D eigenvalue weighted by molar-refractivity contribution is -0.133. The first-order valence-electron chi connectivity index (χ1n) is 27.3. The molecular formula is C60H68Cl2F4N10O12. The second-order valence-electron chi connectivity index (χ2n) is 21.6. The summed E-state index contributed by atoms with van der Waals surface area (Å²) < 4.78 is 75.7. The Balaban J connectivity index is 0.000000321. The Labute approximate surface area is 514 Å². The summed E-state index contributed by atoms with van der Waals surface area (Å²) in [7, 11) is 2.93. The number of amides is 8. The summed E-state index contributed by atoms with van der Waals surface area (Å²) in [6.45, 7) is 8.33. The maximum atomic E-state index is 13.8. The van der Waals surface area contributed by atoms with Gasteiger partial charge in [-0.2, -0.15) is 0 Å². The molecule has 6 aromatic rings. The number of hydrogen-bond donors (Lipinski definition) is 6. The predicted octanol–water partition coefficient (Wildman–Crippen LogP) is 9.63. The number of rotatable bonds is 22. The van der Waals surface area contributed by atoms with Crippen LogP contribution in [0.5, 0.6) is 0 Å². The highest BCUT2D eigenvalue weighted by Gasteiger charge is 2.26. The molecule has 0 unspecified atom stereocenters. The van der Waals surface area contributed by atoms with E-state index in [1.807, 2.05) is 0 Å². The van der Waals surface area contributed by atoms with E-state index >= 15 is 0 Å². The van der Waals surface area contributed by atoms with Crippen molar-refractivity contribution in [1.82, 2.24) is 41.0 Å². The number of nitrogens with one attached hydrogen (secondary N) is 6. The minimum atomic E-state index is -0.899. The first-order chi connectivity index (χ1) is 41.4. The fourth-order valence-electron chi connectivity index (χ4n) is 7.85. The predicted molar refractivity (Wildman–Crippen MR) is 320 cm³/mol. The van der Waals surface area contributed by atoms with Crippen molar-refractivity contribution in [1.29, 1.82) is 0 Å². The monoisotopic (exact) mass is 1270 g/mol. The largest absolute Gasteiger partial charge is 0.447 e. The molecule has 0 spiro atoms. The van der Waals surface area contributed by atoms with Crippen molar-refractivity contribution in [2.75, 3.05) is 64.1 Å². The number of pyridine rings is 2. The van der Waals surface area contributed by atoms with Gasteiger partial charge in [0.25, 0.3) is 0 Å². The third kappa shape index (κ3) is 23.7. The fraction of sp³-hybridized carbons (Fsp3) is 0.367. The van der Waals surface area contributed by atoms with Crippen molar-refractivity contribution >= 4 is 104 Å². The molecule has 8 amide bonds. The number of benzene rings is 4. The zero-order valence-electron chi connectivity index (χ0n) is 49.4. The van der Waals surface area contributed by atoms with Crippen LogP contribution in [-0.4, -0.2) is 145 Å². The van der Waals surface area contributed by atoms with Crippen LogP contribution in [0.2, 0.25) is 10.0 Å². The molecule has 6 N–H and O–H groups in total. The number of aromatic nitrogens is 2. The van der Waals surface area contributed by atoms with E-state index in [2.05, 4.69) is 41.9 Å². The summed E-state index contributed by atoms with van der Waals surface area (Å²) in [6.07, 6.45) is -0.233. The van der Waals surface area contributed by atoms with Gasteiger partial charge in [0.1, 0.15) is 59.3 Å². The van der Waals surface area contributed by atoms with E-state index in [0.717, 1.165) is 0 Å². The number of likely N-dealkylation sites (N-methyl/N-ethyl adjacent to an activating group) is 2. The number of halogens is 6. The molecule has 0 bridgehead atoms. The standard InChI is InChI=1S/2C30H34ClF2N5O6/c2*1-30(2,3)44-28(41)36-16-25(39)35-15-22(38(4)26(40)11-9-18-6-5-7-23(33)27(18)31)17-43-29(42)37-24-13-20-12-21(32)10-8-19(20)14-34-24/h2*5-8,10,12-14,22H,9,11,15-17H2,1-4H3,(H,35,39)(H,36,41)(H,34,37,42)/t2*22-/m00/s1. The van der Waals surface area contributed by atoms with Crippen LogP contribution in [0, 0.1) is 23.3 Å². The Morgan fingerprint density at radius 2 is 0.886 bits per heavy atom. The van der Waals surface area contributed by atoms with Gasteiger partial charge in [0.05, 0.1) is 35.2 Å². The number of aryl methyl sites for hydroxylation is 2. The zero-order chi connectivity index (χ0) is 64.9. The quantitative estimate of drug-likeness (QED) is 0.0273. The Morgan fingerprint density at radius 3 is 1.25 bits per heavy atom. The van der Waals surface area contributed by atoms with Crippen LogP contribution in [0.3, 0.4) is 0 Å². The van der Waals surface area contributed by atoms with E-state index in [9.17, 15) is 55.9 Å². The second kappa shape index (κ2) is 32.6. The second-order valence-corrected chi connectivity index (χ2v) is 22.4. The van der Waals surface area contributed by atoms with Crippen LogP contribution in [-0.2, 0) is 51.0 Å². The lowest BCUT2D eigenvalue weighted by Gasteiger charge is -2.28. The van der Waals surface area contributed by atoms with Crippen molar-refractivity contribution in [2.45, 2.75) is 90.5 Å². The summed E-state index contributed by atoms with van der Waals surface area (Å²) in [5, 5.41) is 17.0. The SMILES string of the molecule is CN(C(=O)CCc1cccc(F)c1Cl)[C@@H](CNC(=O)CNC(=O)OC(C)(C)C)COC(=O)Nc1cc2cc(F)ccc2cn1.CN(C(=O)CCc1cccc(F)c1Cl)[C@@H](CNC(=O)CNC(=O)OC(C)(C)C)COC(=O)Nc1cc2cc(F)ccc2cn1. The molecule has 28 heteroatoms. The summed E-state index contributed by atoms with van der Waals surface area (Å²) in [5.74, 6) is -3.81. The molecule has 0 saturated heterocycles. The highest BCUT2D eigenvalue weighted by molar-refractivity contribution is 6.31. The molecule has 88 heavy (non-hydrogen) atoms. The van der Waals surface area contributed by atoms with Gasteiger partial charge < -0.3 is 50.0 Å². The number of nitrogens with zero attached hydrogens (tertiary/aromatic N) is 4. The van der Waals surface area contributed by atoms with Crippen molar-refractivity contribution in [3.63, 3.8) is 0 Å². The summed E-state index contributed by atoms with van der Waals surface area (Å²) in [6, 6.07) is 18.2. The normalized spacial score (nSPS) is 11.8. The smallest absolute Gasteiger partial charge is 0.412 e. The average molecular weight is 1270 g/mol. The molecule has 2 heterocycles. The van der Waals surface area contributed by atoms with Gasteiger partial charge in [-0.25, -0.2) is 46.7 Å². The molecular weight excluding hydrogens is 1200 g/mol. The molecule has 0 aliphatic carbocycles. The maximum Gasteiger partial charge on any atom is 0.412 e. The molecule has 0 radical (unpaired) electrons. The number of alkyl carbamates (subject to hydrolysis) is 2. The lowest BCUT2D eigenvalue weighted by atomic mass is 10.1. The van der Waals surface area contributed by atoms with Crippen LogP contribution in [0.25, 0.3) is 21.5 Å². The highest BCUT2D eigenvalue weighted by atomic mass is 35.5. The number of ether oxygens (including phenoxy) is 4. The van der Waals surface area contributed by atoms with E-state index in [-0.39, 0.29) is 73.7 Å². The van der Waals surface area contributed by atoms with Crippen molar-refractivity contribution < 1.29 is 74.9 Å². The molecule has 6 rings (SSSR count). The van der Waals surface area contributed by atoms with Gasteiger partial charge in [0.2, 0.25) is 23.6 Å². The molecule has 0 aliphatic rings. The van der Waals surface area contributed by atoms with Crippen LogP contribution >= 0.6 is 23.2 Å². The van der Waals surface area contributed by atoms with E-state index in [0.29, 0.717) is 32.7 Å². The van der Waals surface area contributed by atoms with Crippen molar-refractivity contribution in [2.24, 2.45) is 0 Å². The van der Waals surface area contributed by atoms with Gasteiger partial charge in [-0.1, -0.05) is 47.5 Å². The minimum absolute atomic E-state index is 0.0475. The average Bonchev–Trinajstić information content (AvgIpc) is 3.62. The lowest BCUT2D eigenvalue weighted by Crippen LogP contribution is -2.49. The molecule has 4 aromatic carbocycles. The Morgan fingerprint density at radius 1 is 0.511 bits per heavy atom. The number of fused-ring (bicyclic) bond motifs is 2. The van der Waals surface area contributed by atoms with Gasteiger partial charge in [-0.15, -0.1) is 0 Å². The number of carbonyl (C=O) groups is 8. The van der Waals surface area contributed by atoms with E-state index in [1.54, 1.807) is 65.8 Å². The van der Waals surface area contributed by atoms with E-state index in [1.165, 1.54) is 97.0 Å². The van der Waals surface area contributed by atoms with Crippen LogP contribution in [0.1, 0.15) is 65.5 Å². The summed E-state index contributed by atoms with van der Waals surface area (Å²) in [4.78, 5) is 111. The Hall–Kier alpha value is -9.04. The van der Waals surface area contributed by atoms with E-state index < -0.39 is 108 Å². The Bertz CT molecular complexity index is 3260. The van der Waals surface area contributed by atoms with Gasteiger partial charge >= 0.3 is 24.4 Å². The van der Waals surface area contributed by atoms with Crippen LogP contribution in [0.15, 0.2) is 97.3 Å². The molecule has 0 aliphatic heterocycles. The van der Waals surface area contributed by atoms with Crippen LogP contribution in [0.4, 0.5) is 48.4 Å². The molecule has 0 saturated carbocycles. The first kappa shape index (κ1) is 69.7. The first-order valence-corrected chi connectivity index (χ1v) is 28.0. The highest BCUT2D eigenvalue weighted by Crippen LogP contribution is 2.24. The number of hydrogen-bond acceptors (Lipinski definition) is 14. The Kier molecular flexibility index (Phi) is 25.9. The van der Waals surface area contributed by atoms with Gasteiger partial charge in [-0.05, 0) is 137 Å². The minimum Gasteiger partial charge on any atom is -0.447 e. The topological polar surface area (TPSA) is 278 Å². The van der Waals surface area contributed by atoms with Gasteiger partial charge in [-0.3, -0.25) is 29.8 Å². The van der Waals surface area contributed by atoms with Crippen molar-refractivity contribution in [3.8, 4) is 0 Å². The molecule has 0 fully saturated rings. The van der Waals surface area contributed by atoms with E-state index in [4.69, 9.17) is 42.1 Å². The zero-order valence-corrected chi connectivity index (χ0v) is 50.9. The molecule has 2 aromatic heterocycles. The fourth-order valence-corrected chi connectivity index (χ4v) is 8.29. The summed E-state index contributed by atoms with van der Waals surface area (Å²) >= 11 is 12.0. The maximum absolute atomic E-state index is 13.8. The van der Waals surface area contributed by atoms with Gasteiger partial charge in [0.15, 0.2) is 0 Å². The third-order valence-electron chi connectivity index (χ3n) is 12.5. The van der Waals surface area contributed by atoms with Crippen LogP contribution < -0.4 is 31.9 Å². The van der Waals surface area contributed by atoms with Gasteiger partial charge in [0, 0.05) is 63.2 Å². The molecule has 2 atom stereocenters. The third-order valence-corrected chi connectivity index (χ3v) is 13.3. The summed E-state index contributed by atoms with van der Waals surface area (Å²) in [5.41, 5.74) is -0.600. The molecule has 472 valence electrons. The number of anilines is 2. The number of carbonyl (C=O) groups excluding carboxylic acids is 8. The van der Waals surface area contributed by atoms with Crippen molar-refractivity contribution in [3.05, 3.63) is 142 Å². The molecule has 22 nitrogen and oxygen atoms in total.